The van der Waals surface area contributed by atoms with Crippen LogP contribution in [-0.2, 0) is 32.2 Å². The van der Waals surface area contributed by atoms with Crippen molar-refractivity contribution in [1.29, 1.82) is 0 Å². The van der Waals surface area contributed by atoms with Gasteiger partial charge in [-0.2, -0.15) is 0 Å². The van der Waals surface area contributed by atoms with Crippen molar-refractivity contribution in [3.63, 3.8) is 0 Å². The summed E-state index contributed by atoms with van der Waals surface area (Å²) in [4.78, 5) is 65.7. The first-order chi connectivity index (χ1) is 20.8. The molecule has 44 heavy (non-hydrogen) atoms. The van der Waals surface area contributed by atoms with Gasteiger partial charge in [-0.1, -0.05) is 44.2 Å². The number of fused-ring (bicyclic) bond motifs is 1. The number of imide groups is 1. The number of ether oxygens (including phenoxy) is 2. The standard InChI is InChI=1S/C30H33ClN4O7.C2H6/c1-17(28(39)42-30(2,3)4)15-34(20-7-10-24(41-5)22(31)13-20)29(40)32-14-18-6-8-21-19(12-18)16-35(27(21)38)23-9-11-25(36)33-26(23)37;1-2/h6-8,10,12-13,23H,1,9,11,14-16H2,2-5H3,(H,32,40)(H,33,36,37);1-2H3. The van der Waals surface area contributed by atoms with E-state index in [0.717, 1.165) is 5.56 Å². The molecule has 12 heteroatoms. The number of nitrogens with zero attached hydrogens (tertiary/aromatic N) is 2. The highest BCUT2D eigenvalue weighted by atomic mass is 35.5. The quantitative estimate of drug-likeness (QED) is 0.245. The first kappa shape index (κ1) is 34.1. The van der Waals surface area contributed by atoms with Gasteiger partial charge in [0.25, 0.3) is 5.91 Å². The Morgan fingerprint density at radius 2 is 1.84 bits per heavy atom. The molecule has 0 spiro atoms. The van der Waals surface area contributed by atoms with Crippen LogP contribution in [0.2, 0.25) is 5.02 Å². The van der Waals surface area contributed by atoms with Gasteiger partial charge >= 0.3 is 12.0 Å². The molecule has 1 atom stereocenters. The minimum Gasteiger partial charge on any atom is -0.495 e. The molecule has 1 unspecified atom stereocenters. The van der Waals surface area contributed by atoms with Gasteiger partial charge < -0.3 is 19.7 Å². The molecule has 0 aromatic heterocycles. The van der Waals surface area contributed by atoms with Crippen molar-refractivity contribution in [1.82, 2.24) is 15.5 Å². The summed E-state index contributed by atoms with van der Waals surface area (Å²) in [5.74, 6) is -1.32. The van der Waals surface area contributed by atoms with Gasteiger partial charge in [-0.15, -0.1) is 0 Å². The molecule has 2 N–H and O–H groups in total. The number of urea groups is 1. The zero-order chi connectivity index (χ0) is 32.8. The lowest BCUT2D eigenvalue weighted by molar-refractivity contribution is -0.149. The maximum atomic E-state index is 13.4. The molecular formula is C32H39ClN4O7. The number of piperidine rings is 1. The van der Waals surface area contributed by atoms with Crippen molar-refractivity contribution in [3.8, 4) is 5.75 Å². The molecule has 1 saturated heterocycles. The normalized spacial score (nSPS) is 15.8. The lowest BCUT2D eigenvalue weighted by atomic mass is 10.0. The van der Waals surface area contributed by atoms with Gasteiger partial charge in [-0.05, 0) is 62.6 Å². The van der Waals surface area contributed by atoms with Crippen molar-refractivity contribution in [3.05, 3.63) is 70.3 Å². The molecule has 4 rings (SSSR count). The molecule has 0 radical (unpaired) electrons. The number of anilines is 1. The fourth-order valence-corrected chi connectivity index (χ4v) is 4.97. The second-order valence-electron chi connectivity index (χ2n) is 11.1. The van der Waals surface area contributed by atoms with Crippen molar-refractivity contribution in [2.45, 2.75) is 72.2 Å². The van der Waals surface area contributed by atoms with Crippen LogP contribution >= 0.6 is 11.6 Å². The topological polar surface area (TPSA) is 134 Å². The van der Waals surface area contributed by atoms with Gasteiger partial charge in [0.2, 0.25) is 11.8 Å². The van der Waals surface area contributed by atoms with E-state index in [1.165, 1.54) is 16.9 Å². The number of rotatable bonds is 8. The molecule has 5 amide bonds. The summed E-state index contributed by atoms with van der Waals surface area (Å²) in [6.45, 7) is 13.2. The van der Waals surface area contributed by atoms with Gasteiger partial charge in [0.15, 0.2) is 0 Å². The first-order valence-corrected chi connectivity index (χ1v) is 14.7. The number of carbonyl (C=O) groups excluding carboxylic acids is 5. The number of esters is 1. The Morgan fingerprint density at radius 1 is 1.14 bits per heavy atom. The van der Waals surface area contributed by atoms with Crippen molar-refractivity contribution in [2.75, 3.05) is 18.6 Å². The number of amides is 5. The van der Waals surface area contributed by atoms with E-state index in [1.54, 1.807) is 57.2 Å². The van der Waals surface area contributed by atoms with E-state index in [2.05, 4.69) is 17.2 Å². The summed E-state index contributed by atoms with van der Waals surface area (Å²) >= 11 is 6.32. The molecule has 2 aliphatic heterocycles. The molecule has 2 aliphatic rings. The average Bonchev–Trinajstić information content (AvgIpc) is 3.29. The van der Waals surface area contributed by atoms with Crippen LogP contribution in [0, 0.1) is 0 Å². The summed E-state index contributed by atoms with van der Waals surface area (Å²) in [5, 5.41) is 5.41. The predicted molar refractivity (Wildman–Crippen MR) is 166 cm³/mol. The van der Waals surface area contributed by atoms with Crippen LogP contribution < -0.4 is 20.3 Å². The van der Waals surface area contributed by atoms with Gasteiger partial charge in [0.05, 0.1) is 18.7 Å². The van der Waals surface area contributed by atoms with E-state index in [9.17, 15) is 24.0 Å². The molecule has 2 aromatic rings. The molecule has 2 aromatic carbocycles. The Balaban J connectivity index is 0.00000259. The van der Waals surface area contributed by atoms with Crippen LogP contribution in [0.5, 0.6) is 5.75 Å². The largest absolute Gasteiger partial charge is 0.495 e. The highest BCUT2D eigenvalue weighted by Gasteiger charge is 2.39. The molecule has 1 fully saturated rings. The van der Waals surface area contributed by atoms with Crippen molar-refractivity contribution in [2.24, 2.45) is 0 Å². The van der Waals surface area contributed by atoms with Gasteiger partial charge in [-0.25, -0.2) is 9.59 Å². The second kappa shape index (κ2) is 14.4. The van der Waals surface area contributed by atoms with Gasteiger partial charge in [0, 0.05) is 36.3 Å². The fourth-order valence-electron chi connectivity index (χ4n) is 4.72. The molecular weight excluding hydrogens is 588 g/mol. The van der Waals surface area contributed by atoms with Gasteiger partial charge in [-0.3, -0.25) is 24.6 Å². The van der Waals surface area contributed by atoms with E-state index in [1.807, 2.05) is 13.8 Å². The monoisotopic (exact) mass is 626 g/mol. The average molecular weight is 627 g/mol. The maximum absolute atomic E-state index is 13.4. The molecule has 2 heterocycles. The molecule has 0 bridgehead atoms. The summed E-state index contributed by atoms with van der Waals surface area (Å²) in [5.41, 5.74) is 1.64. The summed E-state index contributed by atoms with van der Waals surface area (Å²) in [7, 11) is 1.48. The summed E-state index contributed by atoms with van der Waals surface area (Å²) in [6.07, 6.45) is 0.442. The number of benzene rings is 2. The predicted octanol–water partition coefficient (Wildman–Crippen LogP) is 4.75. The smallest absolute Gasteiger partial charge is 0.335 e. The summed E-state index contributed by atoms with van der Waals surface area (Å²) in [6, 6.07) is 8.74. The van der Waals surface area contributed by atoms with Crippen LogP contribution in [0.4, 0.5) is 10.5 Å². The van der Waals surface area contributed by atoms with E-state index in [4.69, 9.17) is 21.1 Å². The van der Waals surface area contributed by atoms with Crippen molar-refractivity contribution >= 4 is 47.0 Å². The zero-order valence-electron chi connectivity index (χ0n) is 25.9. The lowest BCUT2D eigenvalue weighted by Crippen LogP contribution is -2.52. The maximum Gasteiger partial charge on any atom is 0.335 e. The number of carbonyl (C=O) groups is 5. The molecule has 11 nitrogen and oxygen atoms in total. The van der Waals surface area contributed by atoms with Gasteiger partial charge in [0.1, 0.15) is 17.4 Å². The minimum atomic E-state index is -0.737. The second-order valence-corrected chi connectivity index (χ2v) is 11.5. The number of methoxy groups -OCH3 is 1. The van der Waals surface area contributed by atoms with Crippen molar-refractivity contribution < 1.29 is 33.4 Å². The third kappa shape index (κ3) is 8.16. The lowest BCUT2D eigenvalue weighted by Gasteiger charge is -2.29. The minimum absolute atomic E-state index is 0.0663. The molecule has 0 aliphatic carbocycles. The highest BCUT2D eigenvalue weighted by Crippen LogP contribution is 2.31. The molecule has 0 saturated carbocycles. The van der Waals surface area contributed by atoms with Crippen LogP contribution in [0.3, 0.4) is 0 Å². The number of hydrogen-bond acceptors (Lipinski definition) is 7. The van der Waals surface area contributed by atoms with Crippen LogP contribution in [0.15, 0.2) is 48.6 Å². The molecule has 236 valence electrons. The highest BCUT2D eigenvalue weighted by molar-refractivity contribution is 6.32. The third-order valence-corrected chi connectivity index (χ3v) is 7.06. The number of hydrogen-bond donors (Lipinski definition) is 2. The van der Waals surface area contributed by atoms with Crippen LogP contribution in [0.25, 0.3) is 0 Å². The Labute approximate surface area is 262 Å². The number of halogens is 1. The SMILES string of the molecule is C=C(CN(C(=O)NCc1ccc2c(c1)CN(C1CCC(=O)NC1=O)C2=O)c1ccc(OC)c(Cl)c1)C(=O)OC(C)(C)C.CC. The Morgan fingerprint density at radius 3 is 2.45 bits per heavy atom. The van der Waals surface area contributed by atoms with E-state index >= 15 is 0 Å². The van der Waals surface area contributed by atoms with E-state index < -0.39 is 29.6 Å². The third-order valence-electron chi connectivity index (χ3n) is 6.76. The number of nitrogens with one attached hydrogen (secondary N) is 2. The Kier molecular flexibility index (Phi) is 11.2. The van der Waals surface area contributed by atoms with Crippen LogP contribution in [-0.4, -0.2) is 59.9 Å². The first-order valence-electron chi connectivity index (χ1n) is 14.3. The fraction of sp³-hybridized carbons (Fsp3) is 0.406. The Hall–Kier alpha value is -4.38. The zero-order valence-corrected chi connectivity index (χ0v) is 26.7. The van der Waals surface area contributed by atoms with Crippen LogP contribution in [0.1, 0.15) is 68.9 Å². The van der Waals surface area contributed by atoms with E-state index in [-0.39, 0.29) is 54.9 Å². The Bertz CT molecular complexity index is 1470. The summed E-state index contributed by atoms with van der Waals surface area (Å²) < 4.78 is 10.6. The van der Waals surface area contributed by atoms with E-state index in [0.29, 0.717) is 22.6 Å².